The molecule has 0 rings (SSSR count). The highest BCUT2D eigenvalue weighted by molar-refractivity contribution is 7.38. The maximum atomic E-state index is 9.75. The van der Waals surface area contributed by atoms with Crippen molar-refractivity contribution in [3.8, 4) is 0 Å². The van der Waals surface area contributed by atoms with Crippen molar-refractivity contribution in [2.24, 2.45) is 0 Å². The van der Waals surface area contributed by atoms with Gasteiger partial charge in [-0.25, -0.2) is 0 Å². The van der Waals surface area contributed by atoms with Crippen LogP contribution in [-0.2, 0) is 9.53 Å². The van der Waals surface area contributed by atoms with Gasteiger partial charge in [-0.15, -0.1) is 0 Å². The van der Waals surface area contributed by atoms with Crippen molar-refractivity contribution >= 4 is 14.6 Å². The van der Waals surface area contributed by atoms with Crippen LogP contribution in [0.15, 0.2) is 12.8 Å². The normalized spacial score (nSPS) is 7.70. The first-order valence-corrected chi connectivity index (χ1v) is 3.35. The molecule has 0 aliphatic rings. The van der Waals surface area contributed by atoms with Gasteiger partial charge < -0.3 is 19.4 Å². The van der Waals surface area contributed by atoms with Crippen LogP contribution in [0.3, 0.4) is 0 Å². The molecule has 0 fully saturated rings. The fourth-order valence-corrected chi connectivity index (χ4v) is 0.117. The maximum absolute atomic E-state index is 9.75. The van der Waals surface area contributed by atoms with E-state index in [1.807, 2.05) is 0 Å². The van der Waals surface area contributed by atoms with E-state index in [-0.39, 0.29) is 5.97 Å². The molecule has 5 nitrogen and oxygen atoms in total. The molecule has 0 bridgehead atoms. The van der Waals surface area contributed by atoms with Gasteiger partial charge in [0.2, 0.25) is 0 Å². The standard InChI is InChI=1S/C4H6O2.H3O3P/c1-3-6-4(2)5;1-4(2)3/h3H,1H2,2H3;1-3H. The second-order valence-electron chi connectivity index (χ2n) is 1.04. The molecule has 3 N–H and O–H groups in total. The predicted molar refractivity (Wildman–Crippen MR) is 35.5 cm³/mol. The highest BCUT2D eigenvalue weighted by Crippen LogP contribution is 2.11. The Labute approximate surface area is 59.6 Å². The minimum Gasteiger partial charge on any atom is -0.435 e. The van der Waals surface area contributed by atoms with Crippen LogP contribution in [-0.4, -0.2) is 20.6 Å². The molecule has 0 aromatic carbocycles. The maximum Gasteiger partial charge on any atom is 0.324 e. The van der Waals surface area contributed by atoms with Crippen LogP contribution in [0.4, 0.5) is 0 Å². The molecule has 0 aliphatic heterocycles. The molecular formula is C4H9O5P. The van der Waals surface area contributed by atoms with Crippen molar-refractivity contribution in [3.63, 3.8) is 0 Å². The highest BCUT2D eigenvalue weighted by atomic mass is 31.2. The summed E-state index contributed by atoms with van der Waals surface area (Å²) in [5.41, 5.74) is 0. The van der Waals surface area contributed by atoms with Crippen molar-refractivity contribution < 1.29 is 24.2 Å². The number of carbonyl (C=O) groups is 1. The van der Waals surface area contributed by atoms with E-state index in [0.717, 1.165) is 6.26 Å². The van der Waals surface area contributed by atoms with Gasteiger partial charge in [-0.3, -0.25) is 4.79 Å². The largest absolute Gasteiger partial charge is 0.435 e. The Kier molecular flexibility index (Phi) is 10.4. The molecule has 0 unspecified atom stereocenters. The Balaban J connectivity index is 0. The van der Waals surface area contributed by atoms with E-state index < -0.39 is 8.60 Å². The van der Waals surface area contributed by atoms with Gasteiger partial charge in [0.05, 0.1) is 6.26 Å². The Bertz CT molecular complexity index is 99.1. The zero-order valence-corrected chi connectivity index (χ0v) is 6.28. The molecule has 0 heterocycles. The van der Waals surface area contributed by atoms with Gasteiger partial charge in [-0.2, -0.15) is 0 Å². The van der Waals surface area contributed by atoms with Gasteiger partial charge in [-0.05, 0) is 0 Å². The molecule has 6 heteroatoms. The molecule has 0 aromatic rings. The molecule has 0 amide bonds. The summed E-state index contributed by atoms with van der Waals surface area (Å²) in [6.45, 7) is 4.48. The third-order valence-corrected chi connectivity index (χ3v) is 0.249. The minimum atomic E-state index is -2.62. The molecular weight excluding hydrogens is 159 g/mol. The Morgan fingerprint density at radius 1 is 1.60 bits per heavy atom. The van der Waals surface area contributed by atoms with Crippen molar-refractivity contribution in [1.29, 1.82) is 0 Å². The summed E-state index contributed by atoms with van der Waals surface area (Å²) in [4.78, 5) is 31.4. The van der Waals surface area contributed by atoms with Crippen LogP contribution in [0.25, 0.3) is 0 Å². The van der Waals surface area contributed by atoms with Crippen molar-refractivity contribution in [3.05, 3.63) is 12.8 Å². The summed E-state index contributed by atoms with van der Waals surface area (Å²) < 4.78 is 4.17. The summed E-state index contributed by atoms with van der Waals surface area (Å²) >= 11 is 0. The van der Waals surface area contributed by atoms with E-state index in [2.05, 4.69) is 11.3 Å². The second kappa shape index (κ2) is 8.52. The quantitative estimate of drug-likeness (QED) is 0.288. The van der Waals surface area contributed by atoms with Crippen LogP contribution < -0.4 is 0 Å². The van der Waals surface area contributed by atoms with E-state index >= 15 is 0 Å². The molecule has 0 aromatic heterocycles. The fraction of sp³-hybridized carbons (Fsp3) is 0.250. The smallest absolute Gasteiger partial charge is 0.324 e. The van der Waals surface area contributed by atoms with Crippen LogP contribution in [0, 0.1) is 0 Å². The van der Waals surface area contributed by atoms with Crippen molar-refractivity contribution in [2.75, 3.05) is 0 Å². The van der Waals surface area contributed by atoms with Crippen LogP contribution in [0.5, 0.6) is 0 Å². The van der Waals surface area contributed by atoms with Gasteiger partial charge >= 0.3 is 14.6 Å². The molecule has 0 spiro atoms. The first-order chi connectivity index (χ1) is 4.50. The zero-order chi connectivity index (χ0) is 8.57. The first-order valence-electron chi connectivity index (χ1n) is 2.15. The number of rotatable bonds is 1. The SMILES string of the molecule is C=COC(C)=O.OP(O)O. The van der Waals surface area contributed by atoms with E-state index in [0.29, 0.717) is 0 Å². The van der Waals surface area contributed by atoms with Gasteiger partial charge in [-0.1, -0.05) is 6.58 Å². The summed E-state index contributed by atoms with van der Waals surface area (Å²) in [7, 11) is -2.62. The first kappa shape index (κ1) is 12.2. The fourth-order valence-electron chi connectivity index (χ4n) is 0.117. The lowest BCUT2D eigenvalue weighted by Crippen LogP contribution is -1.87. The average molecular weight is 168 g/mol. The Morgan fingerprint density at radius 2 is 1.90 bits per heavy atom. The highest BCUT2D eigenvalue weighted by Gasteiger charge is 1.79. The Morgan fingerprint density at radius 3 is 1.90 bits per heavy atom. The lowest BCUT2D eigenvalue weighted by Gasteiger charge is -1.83. The number of ether oxygens (including phenoxy) is 1. The summed E-state index contributed by atoms with van der Waals surface area (Å²) in [6.07, 6.45) is 1.10. The third kappa shape index (κ3) is 50.3. The monoisotopic (exact) mass is 168 g/mol. The van der Waals surface area contributed by atoms with E-state index in [1.54, 1.807) is 0 Å². The topological polar surface area (TPSA) is 87.0 Å². The Hall–Kier alpha value is -0.480. The number of carbonyl (C=O) groups excluding carboxylic acids is 1. The second-order valence-corrected chi connectivity index (χ2v) is 1.58. The summed E-state index contributed by atoms with van der Waals surface area (Å²) in [5, 5.41) is 0. The molecule has 0 aliphatic carbocycles. The zero-order valence-electron chi connectivity index (χ0n) is 5.39. The van der Waals surface area contributed by atoms with Gasteiger partial charge in [0.25, 0.3) is 0 Å². The van der Waals surface area contributed by atoms with E-state index in [1.165, 1.54) is 6.92 Å². The average Bonchev–Trinajstić information content (AvgIpc) is 1.62. The summed E-state index contributed by atoms with van der Waals surface area (Å²) in [5.74, 6) is -0.329. The lowest BCUT2D eigenvalue weighted by atomic mass is 10.8. The van der Waals surface area contributed by atoms with Gasteiger partial charge in [0, 0.05) is 6.92 Å². The molecule has 0 atom stereocenters. The molecule has 10 heavy (non-hydrogen) atoms. The molecule has 0 saturated heterocycles. The van der Waals surface area contributed by atoms with Crippen LogP contribution in [0.2, 0.25) is 0 Å². The van der Waals surface area contributed by atoms with Crippen molar-refractivity contribution in [2.45, 2.75) is 6.92 Å². The lowest BCUT2D eigenvalue weighted by molar-refractivity contribution is -0.135. The minimum absolute atomic E-state index is 0.329. The molecule has 60 valence electrons. The molecule has 0 radical (unpaired) electrons. The van der Waals surface area contributed by atoms with Crippen LogP contribution in [0.1, 0.15) is 6.92 Å². The summed E-state index contributed by atoms with van der Waals surface area (Å²) in [6, 6.07) is 0. The number of hydrogen-bond acceptors (Lipinski definition) is 5. The number of esters is 1. The van der Waals surface area contributed by atoms with E-state index in [9.17, 15) is 4.79 Å². The van der Waals surface area contributed by atoms with Gasteiger partial charge in [0.1, 0.15) is 0 Å². The van der Waals surface area contributed by atoms with E-state index in [4.69, 9.17) is 14.7 Å². The predicted octanol–water partition coefficient (Wildman–Crippen LogP) is -0.117. The van der Waals surface area contributed by atoms with Crippen molar-refractivity contribution in [1.82, 2.24) is 0 Å². The number of hydrogen-bond donors (Lipinski definition) is 3. The third-order valence-electron chi connectivity index (χ3n) is 0.249. The van der Waals surface area contributed by atoms with Crippen LogP contribution >= 0.6 is 8.60 Å². The van der Waals surface area contributed by atoms with Gasteiger partial charge in [0.15, 0.2) is 0 Å². The molecule has 0 saturated carbocycles.